The Balaban J connectivity index is 0. The predicted octanol–water partition coefficient (Wildman–Crippen LogP) is 1.75. The molecular weight excluding hydrogens is 120 g/mol. The first-order chi connectivity index (χ1) is 2.50. The number of allylic oxidation sites excluding steroid dienone is 4. The Morgan fingerprint density at radius 1 is 1.43 bits per heavy atom. The molecule has 1 aliphatic carbocycles. The maximum absolute atomic E-state index is 2.99. The minimum absolute atomic E-state index is 0. The summed E-state index contributed by atoms with van der Waals surface area (Å²) in [5.41, 5.74) is 0. The van der Waals surface area contributed by atoms with Crippen LogP contribution in [0.2, 0.25) is 0 Å². The number of hydrogen-bond acceptors (Lipinski definition) is 0. The molecular formula is C6H8Ti. The largest absolute Gasteiger partial charge is 2.00 e. The zero-order valence-electron chi connectivity index (χ0n) is 4.44. The molecule has 0 aliphatic heterocycles. The molecule has 0 spiro atoms. The quantitative estimate of drug-likeness (QED) is 0.344. The van der Waals surface area contributed by atoms with E-state index in [0.29, 0.717) is 0 Å². The Hall–Kier alpha value is 0.194. The first kappa shape index (κ1) is 10.2. The SMILES string of the molecule is [C-]1=CC=CC1.[CH3-].[Ti+2]. The average Bonchev–Trinajstić information content (AvgIpc) is 1.76. The zero-order chi connectivity index (χ0) is 3.54. The van der Waals surface area contributed by atoms with Crippen LogP contribution in [0.25, 0.3) is 0 Å². The van der Waals surface area contributed by atoms with Gasteiger partial charge in [0.05, 0.1) is 0 Å². The molecule has 0 heterocycles. The Morgan fingerprint density at radius 3 is 2.29 bits per heavy atom. The zero-order valence-corrected chi connectivity index (χ0v) is 6.00. The van der Waals surface area contributed by atoms with Crippen LogP contribution in [0.5, 0.6) is 0 Å². The Bertz CT molecular complexity index is 62.2. The van der Waals surface area contributed by atoms with Crippen molar-refractivity contribution >= 4 is 0 Å². The molecule has 1 aliphatic rings. The monoisotopic (exact) mass is 128 g/mol. The number of hydrogen-bond donors (Lipinski definition) is 0. The van der Waals surface area contributed by atoms with Crippen LogP contribution >= 0.6 is 0 Å². The van der Waals surface area contributed by atoms with E-state index in [1.54, 1.807) is 0 Å². The topological polar surface area (TPSA) is 0 Å². The van der Waals surface area contributed by atoms with Crippen molar-refractivity contribution in [2.24, 2.45) is 0 Å². The summed E-state index contributed by atoms with van der Waals surface area (Å²) >= 11 is 0. The average molecular weight is 128 g/mol. The van der Waals surface area contributed by atoms with Gasteiger partial charge in [0.15, 0.2) is 0 Å². The van der Waals surface area contributed by atoms with Gasteiger partial charge in [-0.2, -0.15) is 6.08 Å². The van der Waals surface area contributed by atoms with E-state index in [-0.39, 0.29) is 29.1 Å². The van der Waals surface area contributed by atoms with Crippen LogP contribution in [0.3, 0.4) is 0 Å². The molecule has 36 valence electrons. The summed E-state index contributed by atoms with van der Waals surface area (Å²) in [5, 5.41) is 0. The van der Waals surface area contributed by atoms with Crippen molar-refractivity contribution in [3.8, 4) is 0 Å². The number of rotatable bonds is 0. The third-order valence-corrected chi connectivity index (χ3v) is 0.586. The third-order valence-electron chi connectivity index (χ3n) is 0.586. The summed E-state index contributed by atoms with van der Waals surface area (Å²) < 4.78 is 0. The molecule has 0 amide bonds. The van der Waals surface area contributed by atoms with Gasteiger partial charge in [0.1, 0.15) is 0 Å². The van der Waals surface area contributed by atoms with Gasteiger partial charge in [-0.1, -0.05) is 0 Å². The molecule has 0 aromatic carbocycles. The molecule has 0 nitrogen and oxygen atoms in total. The molecule has 0 N–H and O–H groups in total. The summed E-state index contributed by atoms with van der Waals surface area (Å²) in [6.07, 6.45) is 10.0. The maximum atomic E-state index is 2.99. The van der Waals surface area contributed by atoms with Gasteiger partial charge in [-0.05, 0) is 0 Å². The molecule has 0 aromatic rings. The predicted molar refractivity (Wildman–Crippen MR) is 28.0 cm³/mol. The van der Waals surface area contributed by atoms with Crippen LogP contribution < -0.4 is 0 Å². The molecule has 1 rings (SSSR count). The molecule has 7 heavy (non-hydrogen) atoms. The van der Waals surface area contributed by atoms with E-state index in [1.165, 1.54) is 0 Å². The van der Waals surface area contributed by atoms with Gasteiger partial charge in [-0.25, -0.2) is 12.2 Å². The molecule has 0 saturated heterocycles. The first-order valence-electron chi connectivity index (χ1n) is 1.72. The molecule has 0 bridgehead atoms. The van der Waals surface area contributed by atoms with Crippen molar-refractivity contribution in [3.63, 3.8) is 0 Å². The molecule has 0 aromatic heterocycles. The fraction of sp³-hybridized carbons (Fsp3) is 0.167. The van der Waals surface area contributed by atoms with Gasteiger partial charge < -0.3 is 7.43 Å². The fourth-order valence-corrected chi connectivity index (χ4v) is 0.340. The molecule has 0 atom stereocenters. The van der Waals surface area contributed by atoms with Crippen LogP contribution in [-0.4, -0.2) is 0 Å². The van der Waals surface area contributed by atoms with Crippen LogP contribution in [0.4, 0.5) is 0 Å². The summed E-state index contributed by atoms with van der Waals surface area (Å²) in [6, 6.07) is 0. The maximum Gasteiger partial charge on any atom is 2.00 e. The Kier molecular flexibility index (Phi) is 9.05. The van der Waals surface area contributed by atoms with Crippen molar-refractivity contribution in [3.05, 3.63) is 31.7 Å². The van der Waals surface area contributed by atoms with E-state index in [9.17, 15) is 0 Å². The van der Waals surface area contributed by atoms with Gasteiger partial charge in [-0.3, -0.25) is 6.08 Å². The van der Waals surface area contributed by atoms with E-state index in [4.69, 9.17) is 0 Å². The second kappa shape index (κ2) is 6.19. The van der Waals surface area contributed by atoms with E-state index in [1.807, 2.05) is 12.2 Å². The van der Waals surface area contributed by atoms with Crippen LogP contribution in [0.15, 0.2) is 18.2 Å². The fourth-order valence-electron chi connectivity index (χ4n) is 0.340. The smallest absolute Gasteiger partial charge is 0.358 e. The standard InChI is InChI=1S/C5H5.CH3.Ti/c1-2-4-5-3-1;;/h1-3H,4H2;1H3;/q2*-1;+2. The van der Waals surface area contributed by atoms with E-state index < -0.39 is 0 Å². The minimum Gasteiger partial charge on any atom is -0.358 e. The third kappa shape index (κ3) is 4.04. The molecule has 0 saturated carbocycles. The van der Waals surface area contributed by atoms with Crippen molar-refractivity contribution in [2.75, 3.05) is 0 Å². The van der Waals surface area contributed by atoms with E-state index in [2.05, 4.69) is 12.2 Å². The van der Waals surface area contributed by atoms with Gasteiger partial charge in [0, 0.05) is 0 Å². The molecule has 1 heteroatoms. The molecule has 0 radical (unpaired) electrons. The van der Waals surface area contributed by atoms with Crippen molar-refractivity contribution in [2.45, 2.75) is 6.42 Å². The Labute approximate surface area is 60.2 Å². The molecule has 0 fully saturated rings. The normalized spacial score (nSPS) is 12.6. The summed E-state index contributed by atoms with van der Waals surface area (Å²) in [6.45, 7) is 0. The van der Waals surface area contributed by atoms with E-state index in [0.717, 1.165) is 6.42 Å². The second-order valence-electron chi connectivity index (χ2n) is 1.00. The van der Waals surface area contributed by atoms with Gasteiger partial charge >= 0.3 is 21.7 Å². The van der Waals surface area contributed by atoms with Crippen molar-refractivity contribution in [1.29, 1.82) is 0 Å². The summed E-state index contributed by atoms with van der Waals surface area (Å²) in [4.78, 5) is 0. The first-order valence-corrected chi connectivity index (χ1v) is 1.72. The van der Waals surface area contributed by atoms with E-state index >= 15 is 0 Å². The van der Waals surface area contributed by atoms with Crippen LogP contribution in [0.1, 0.15) is 6.42 Å². The molecule has 0 unspecified atom stereocenters. The van der Waals surface area contributed by atoms with Gasteiger partial charge in [0.2, 0.25) is 0 Å². The summed E-state index contributed by atoms with van der Waals surface area (Å²) in [7, 11) is 0. The Morgan fingerprint density at radius 2 is 2.14 bits per heavy atom. The van der Waals surface area contributed by atoms with Gasteiger partial charge in [0.25, 0.3) is 0 Å². The van der Waals surface area contributed by atoms with Crippen molar-refractivity contribution in [1.82, 2.24) is 0 Å². The van der Waals surface area contributed by atoms with Crippen molar-refractivity contribution < 1.29 is 21.7 Å². The van der Waals surface area contributed by atoms with Crippen LogP contribution in [-0.2, 0) is 21.7 Å². The van der Waals surface area contributed by atoms with Crippen LogP contribution in [0, 0.1) is 13.5 Å². The summed E-state index contributed by atoms with van der Waals surface area (Å²) in [5.74, 6) is 0. The second-order valence-corrected chi connectivity index (χ2v) is 1.00. The van der Waals surface area contributed by atoms with Gasteiger partial charge in [-0.15, -0.1) is 6.42 Å². The minimum atomic E-state index is 0.